The number of rotatable bonds is 24. The number of H-pyrrole nitrogens is 3. The number of aromatic amines is 3. The van der Waals surface area contributed by atoms with Crippen molar-refractivity contribution in [2.75, 3.05) is 57.3 Å². The number of carbonyl (C=O) groups is 3. The SMILES string of the molecule is C/C=C/c1cn(C(=O)c2sc(Nc3s[nH]c(=O)c3C(N)=NCCc3ccno3)nc2O)c2cc3ccc(C(C)(C)C)cc3nc12.CCC(C)N=C(N)c1c(Nc2ncc(C(=O)N3CC(Cl)c4c3cnc([N+](=O)[O-])c4Cl)s2)s[nH]c1=O.NC(=NCCc1ccco1)c1c(Nc2nc(O)c(C(=O)N3CC(/C=C/CBr)c4nc5ccccc5cc43)s2)s[nH]c1=O. The number of amidine groups is 3. The molecule has 14 N–H and O–H groups in total. The number of amides is 2. The van der Waals surface area contributed by atoms with E-state index in [1.807, 2.05) is 93.6 Å². The van der Waals surface area contributed by atoms with E-state index >= 15 is 0 Å². The van der Waals surface area contributed by atoms with Crippen LogP contribution in [0.5, 0.6) is 11.8 Å². The molecule has 0 spiro atoms. The number of nitrogens with zero attached hydrogens (tertiary/aromatic N) is 14. The summed E-state index contributed by atoms with van der Waals surface area (Å²) in [6.45, 7) is 13.3. The number of carbonyl (C=O) groups excluding carboxylic acids is 3. The number of nitro groups is 1. The Morgan fingerprint density at radius 1 is 0.754 bits per heavy atom. The van der Waals surface area contributed by atoms with E-state index in [2.05, 4.69) is 118 Å². The van der Waals surface area contributed by atoms with Crippen molar-refractivity contribution in [2.45, 2.75) is 83.6 Å². The van der Waals surface area contributed by atoms with Crippen LogP contribution in [0.3, 0.4) is 0 Å². The fourth-order valence-corrected chi connectivity index (χ4v) is 18.7. The molecule has 0 bridgehead atoms. The van der Waals surface area contributed by atoms with Crippen LogP contribution in [-0.2, 0) is 18.3 Å². The predicted molar refractivity (Wildman–Crippen MR) is 484 cm³/mol. The summed E-state index contributed by atoms with van der Waals surface area (Å²) >= 11 is 22.0. The van der Waals surface area contributed by atoms with Crippen LogP contribution in [-0.4, -0.2) is 141 Å². The maximum absolute atomic E-state index is 13.9. The van der Waals surface area contributed by atoms with Gasteiger partial charge in [-0.15, -0.1) is 11.6 Å². The second-order valence-corrected chi connectivity index (χ2v) is 35.2. The highest BCUT2D eigenvalue weighted by molar-refractivity contribution is 9.09. The van der Waals surface area contributed by atoms with Crippen molar-refractivity contribution in [3.8, 4) is 11.8 Å². The van der Waals surface area contributed by atoms with E-state index in [-0.39, 0.29) is 106 Å². The van der Waals surface area contributed by atoms with Crippen LogP contribution < -0.4 is 59.6 Å². The molecule has 12 aromatic heterocycles. The first-order valence-corrected chi connectivity index (χ1v) is 43.9. The van der Waals surface area contributed by atoms with Crippen molar-refractivity contribution in [1.82, 2.24) is 52.7 Å². The van der Waals surface area contributed by atoms with Crippen molar-refractivity contribution in [3.63, 3.8) is 0 Å². The molecule has 0 saturated heterocycles. The molecule has 0 fully saturated rings. The highest BCUT2D eigenvalue weighted by Crippen LogP contribution is 2.47. The number of allylic oxidation sites excluding steroid dienone is 2. The molecule has 2 aliphatic rings. The molecule has 3 unspecified atom stereocenters. The molecule has 2 aromatic carbocycles. The highest BCUT2D eigenvalue weighted by Gasteiger charge is 2.40. The average molecular weight is 1870 g/mol. The topological polar surface area (TPSA) is 513 Å². The van der Waals surface area contributed by atoms with Gasteiger partial charge in [-0.05, 0) is 112 Å². The number of hydrogen-bond donors (Lipinski definition) is 11. The van der Waals surface area contributed by atoms with Crippen molar-refractivity contribution < 1.29 is 38.5 Å². The maximum Gasteiger partial charge on any atom is 0.382 e. The number of anilines is 8. The summed E-state index contributed by atoms with van der Waals surface area (Å²) in [6, 6.07) is 23.1. The van der Waals surface area contributed by atoms with Gasteiger partial charge in [-0.2, -0.15) is 9.97 Å². The van der Waals surface area contributed by atoms with Crippen LogP contribution >= 0.6 is 108 Å². The second kappa shape index (κ2) is 36.9. The first-order valence-electron chi connectivity index (χ1n) is 37.1. The van der Waals surface area contributed by atoms with Crippen molar-refractivity contribution in [2.24, 2.45) is 32.2 Å². The lowest BCUT2D eigenvalue weighted by molar-refractivity contribution is -0.389. The molecule has 122 heavy (non-hydrogen) atoms. The van der Waals surface area contributed by atoms with Crippen LogP contribution in [0, 0.1) is 10.1 Å². The Hall–Kier alpha value is -12.4. The summed E-state index contributed by atoms with van der Waals surface area (Å²) in [7, 11) is 0. The second-order valence-electron chi connectivity index (χ2n) is 28.1. The van der Waals surface area contributed by atoms with E-state index < -0.39 is 56.7 Å². The van der Waals surface area contributed by atoms with Gasteiger partial charge < -0.3 is 72.2 Å². The molecule has 2 aliphatic heterocycles. The third-order valence-electron chi connectivity index (χ3n) is 19.0. The van der Waals surface area contributed by atoms with Gasteiger partial charge in [0.25, 0.3) is 34.4 Å². The minimum Gasteiger partial charge on any atom is -0.492 e. The number of aromatic hydroxyl groups is 2. The summed E-state index contributed by atoms with van der Waals surface area (Å²) < 4.78 is 19.7. The van der Waals surface area contributed by atoms with E-state index in [1.54, 1.807) is 29.5 Å². The molecule has 44 heteroatoms. The number of alkyl halides is 2. The van der Waals surface area contributed by atoms with Gasteiger partial charge in [-0.25, -0.2) is 15.0 Å². The monoisotopic (exact) mass is 1860 g/mol. The molecule has 14 heterocycles. The molecule has 2 amide bonds. The largest absolute Gasteiger partial charge is 0.492 e. The average Bonchev–Trinajstić information content (AvgIpc) is 1.60. The number of para-hydroxylation sites is 1. The lowest BCUT2D eigenvalue weighted by atomic mass is 9.86. The molecule has 16 rings (SSSR count). The van der Waals surface area contributed by atoms with Crippen molar-refractivity contribution in [3.05, 3.63) is 233 Å². The number of benzene rings is 2. The summed E-state index contributed by atoms with van der Waals surface area (Å²) in [6.07, 6.45) is 17.0. The number of halogens is 3. The van der Waals surface area contributed by atoms with Crippen molar-refractivity contribution in [1.29, 1.82) is 0 Å². The standard InChI is InChI=1S/C31H30N8O4S2.C28H24BrN7O4S2.C19H18Cl2N8O4S2/c1-5-6-17-15-39(21-13-16-7-8-18(31(2,3)4)14-20(16)35-23(17)21)29(42)24-27(41)36-30(44-24)37-28-22(26(40)38-45-28)25(32)33-11-9-19-10-12-34-43-19;29-10-3-6-16-14-36(19-13-15-5-1-2-8-18(15)32-21(16)19)27(39)22-25(38)33-28(41-22)34-26-20(24(37)35-42-26)23(30)31-11-9-17-7-4-12-40-17;1-3-7(2)25-14(22)12-16(30)27-35-17(12)26-19-24-5-10(34-19)18(31)28-6-8(20)11-9(28)4-23-15(13(11)21)29(32)33/h5-8,10,12-15,41H,9,11H2,1-4H3,(H2,32,33)(H,36,37)(H,38,40);1-8,12-13,16,38H,9-11,14H2,(H2,30,31)(H,33,34)(H,35,37);4-5,7-8H,3,6H2,1-2H3,(H2,22,25)(H,24,26)(H,27,30)/b6-5+;6-3+;. The molecule has 35 nitrogen and oxygen atoms in total. The van der Waals surface area contributed by atoms with E-state index in [0.29, 0.717) is 79.6 Å². The Kier molecular flexibility index (Phi) is 26.0. The molecule has 628 valence electrons. The van der Waals surface area contributed by atoms with Gasteiger partial charge in [0.1, 0.15) is 70.6 Å². The number of aromatic nitrogens is 11. The van der Waals surface area contributed by atoms with Crippen molar-refractivity contribution >= 4 is 229 Å². The first kappa shape index (κ1) is 86.0. The van der Waals surface area contributed by atoms with Gasteiger partial charge in [0.05, 0.1) is 63.2 Å². The summed E-state index contributed by atoms with van der Waals surface area (Å²) in [5.41, 5.74) is 24.6. The first-order chi connectivity index (χ1) is 58.6. The van der Waals surface area contributed by atoms with Gasteiger partial charge in [0, 0.05) is 90.5 Å². The number of hydrogen-bond acceptors (Lipinski definition) is 31. The normalized spacial score (nSPS) is 14.5. The lowest BCUT2D eigenvalue weighted by Crippen LogP contribution is -2.29. The lowest BCUT2D eigenvalue weighted by Gasteiger charge is -2.19. The Morgan fingerprint density at radius 3 is 1.98 bits per heavy atom. The smallest absolute Gasteiger partial charge is 0.382 e. The Balaban J connectivity index is 0.000000151. The summed E-state index contributed by atoms with van der Waals surface area (Å²) in [5, 5.41) is 48.8. The number of thiazole rings is 3. The molecule has 3 atom stereocenters. The van der Waals surface area contributed by atoms with Gasteiger partial charge >= 0.3 is 5.82 Å². The zero-order valence-corrected chi connectivity index (χ0v) is 73.1. The van der Waals surface area contributed by atoms with Crippen LogP contribution in [0.1, 0.15) is 139 Å². The third-order valence-corrected chi connectivity index (χ3v) is 25.3. The number of fused-ring (bicyclic) bond motifs is 5. The molecular formula is C78H72BrCl2N23O12S6. The summed E-state index contributed by atoms with van der Waals surface area (Å²) in [4.78, 5) is 131. The maximum atomic E-state index is 13.9. The fraction of sp³-hybridized carbons (Fsp3) is 0.231. The van der Waals surface area contributed by atoms with Crippen LogP contribution in [0.2, 0.25) is 5.02 Å². The van der Waals surface area contributed by atoms with E-state index in [1.165, 1.54) is 28.1 Å². The molecule has 14 aromatic rings. The number of nitrogens with two attached hydrogens (primary N) is 3. The Labute approximate surface area is 733 Å². The summed E-state index contributed by atoms with van der Waals surface area (Å²) in [5.74, 6) is -1.17. The quantitative estimate of drug-likeness (QED) is 0.00668. The van der Waals surface area contributed by atoms with Gasteiger partial charge in [0.15, 0.2) is 31.3 Å². The Bertz CT molecular complexity index is 6680. The molecule has 0 saturated carbocycles. The zero-order valence-electron chi connectivity index (χ0n) is 65.1. The minimum atomic E-state index is -0.735. The third kappa shape index (κ3) is 18.4. The fourth-order valence-electron chi connectivity index (χ4n) is 12.9. The van der Waals surface area contributed by atoms with E-state index in [4.69, 9.17) is 59.3 Å². The number of nitrogens with one attached hydrogen (secondary N) is 6. The molecular weight excluding hydrogens is 1790 g/mol. The number of furan rings is 1. The Morgan fingerprint density at radius 2 is 1.38 bits per heavy atom. The van der Waals surface area contributed by atoms with Crippen LogP contribution in [0.25, 0.3) is 38.9 Å². The van der Waals surface area contributed by atoms with E-state index in [9.17, 15) is 49.1 Å². The molecule has 0 aliphatic carbocycles. The van der Waals surface area contributed by atoms with Gasteiger partial charge in [-0.1, -0.05) is 149 Å². The zero-order chi connectivity index (χ0) is 86.5. The highest BCUT2D eigenvalue weighted by atomic mass is 79.9. The van der Waals surface area contributed by atoms with Gasteiger partial charge in [-0.3, -0.25) is 61.4 Å². The number of aliphatic imine (C=N–C) groups is 3. The van der Waals surface area contributed by atoms with E-state index in [0.717, 1.165) is 119 Å². The number of pyridine rings is 3. The minimum absolute atomic E-state index is 0.0164. The predicted octanol–water partition coefficient (Wildman–Crippen LogP) is 15.0. The van der Waals surface area contributed by atoms with Crippen LogP contribution in [0.4, 0.5) is 47.6 Å². The van der Waals surface area contributed by atoms with Crippen LogP contribution in [0.15, 0.2) is 160 Å². The molecule has 0 radical (unpaired) electrons. The van der Waals surface area contributed by atoms with Gasteiger partial charge in [0.2, 0.25) is 11.8 Å².